The minimum Gasteiger partial charge on any atom is -0.382 e. The smallest absolute Gasteiger partial charge is 0.183 e. The zero-order chi connectivity index (χ0) is 14.6. The summed E-state index contributed by atoms with van der Waals surface area (Å²) in [5, 5.41) is 11.5. The molecule has 0 heterocycles. The van der Waals surface area contributed by atoms with Crippen LogP contribution in [0.1, 0.15) is 19.4 Å². The van der Waals surface area contributed by atoms with Crippen LogP contribution in [0.3, 0.4) is 0 Å². The number of halogens is 2. The van der Waals surface area contributed by atoms with Crippen molar-refractivity contribution in [2.75, 3.05) is 32.5 Å². The Labute approximate surface area is 112 Å². The molecule has 0 aliphatic heterocycles. The van der Waals surface area contributed by atoms with E-state index in [1.807, 2.05) is 32.8 Å². The number of hydrogen-bond donors (Lipinski definition) is 1. The van der Waals surface area contributed by atoms with E-state index in [1.54, 1.807) is 6.07 Å². The number of rotatable bonds is 5. The first-order chi connectivity index (χ1) is 8.76. The van der Waals surface area contributed by atoms with Gasteiger partial charge < -0.3 is 10.2 Å². The lowest BCUT2D eigenvalue weighted by atomic mass is 9.93. The highest BCUT2D eigenvalue weighted by Crippen LogP contribution is 2.23. The third-order valence-electron chi connectivity index (χ3n) is 2.70. The van der Waals surface area contributed by atoms with Gasteiger partial charge in [-0.05, 0) is 31.6 Å². The standard InChI is InChI=1S/C14H19F2N3/c1-14(2,9-19(3)4)8-18-11-6-5-10(7-17)12(15)13(11)16/h5-6,18H,8-9H2,1-4H3. The molecule has 0 radical (unpaired) electrons. The molecule has 1 N–H and O–H groups in total. The quantitative estimate of drug-likeness (QED) is 0.891. The molecule has 0 atom stereocenters. The molecular weight excluding hydrogens is 248 g/mol. The highest BCUT2D eigenvalue weighted by molar-refractivity contribution is 5.49. The Balaban J connectivity index is 2.80. The lowest BCUT2D eigenvalue weighted by Crippen LogP contribution is -2.34. The van der Waals surface area contributed by atoms with Gasteiger partial charge in [0.1, 0.15) is 6.07 Å². The van der Waals surface area contributed by atoms with Gasteiger partial charge >= 0.3 is 0 Å². The van der Waals surface area contributed by atoms with Gasteiger partial charge in [-0.1, -0.05) is 13.8 Å². The Morgan fingerprint density at radius 1 is 1.26 bits per heavy atom. The molecule has 0 unspecified atom stereocenters. The van der Waals surface area contributed by atoms with Crippen molar-refractivity contribution >= 4 is 5.69 Å². The minimum atomic E-state index is -1.10. The van der Waals surface area contributed by atoms with Gasteiger partial charge in [-0.15, -0.1) is 0 Å². The molecule has 0 amide bonds. The van der Waals surface area contributed by atoms with Gasteiger partial charge in [-0.3, -0.25) is 0 Å². The third kappa shape index (κ3) is 4.18. The number of hydrogen-bond acceptors (Lipinski definition) is 3. The first-order valence-electron chi connectivity index (χ1n) is 6.03. The minimum absolute atomic E-state index is 0.0830. The molecule has 3 nitrogen and oxygen atoms in total. The zero-order valence-corrected chi connectivity index (χ0v) is 11.7. The largest absolute Gasteiger partial charge is 0.382 e. The molecule has 0 aliphatic rings. The van der Waals surface area contributed by atoms with E-state index in [0.29, 0.717) is 6.54 Å². The maximum absolute atomic E-state index is 13.7. The first-order valence-corrected chi connectivity index (χ1v) is 6.03. The third-order valence-corrected chi connectivity index (χ3v) is 2.70. The zero-order valence-electron chi connectivity index (χ0n) is 11.7. The Kier molecular flexibility index (Phi) is 4.84. The van der Waals surface area contributed by atoms with E-state index < -0.39 is 11.6 Å². The number of anilines is 1. The molecule has 0 aromatic heterocycles. The van der Waals surface area contributed by atoms with Crippen LogP contribution in [0.5, 0.6) is 0 Å². The Hall–Kier alpha value is -1.67. The summed E-state index contributed by atoms with van der Waals surface area (Å²) in [6.45, 7) is 5.41. The summed E-state index contributed by atoms with van der Waals surface area (Å²) < 4.78 is 27.1. The fourth-order valence-corrected chi connectivity index (χ4v) is 2.02. The van der Waals surface area contributed by atoms with E-state index in [2.05, 4.69) is 5.32 Å². The number of nitrogens with zero attached hydrogens (tertiary/aromatic N) is 2. The number of nitrogens with one attached hydrogen (secondary N) is 1. The average molecular weight is 267 g/mol. The second-order valence-electron chi connectivity index (χ2n) is 5.66. The van der Waals surface area contributed by atoms with Crippen LogP contribution in [-0.2, 0) is 0 Å². The fraction of sp³-hybridized carbons (Fsp3) is 0.500. The highest BCUT2D eigenvalue weighted by Gasteiger charge is 2.20. The van der Waals surface area contributed by atoms with Crippen LogP contribution in [0.15, 0.2) is 12.1 Å². The molecule has 0 fully saturated rings. The molecule has 1 rings (SSSR count). The van der Waals surface area contributed by atoms with Crippen LogP contribution in [0.2, 0.25) is 0 Å². The molecule has 0 saturated heterocycles. The molecule has 104 valence electrons. The average Bonchev–Trinajstić information content (AvgIpc) is 2.29. The molecule has 5 heteroatoms. The van der Waals surface area contributed by atoms with Crippen LogP contribution in [0, 0.1) is 28.4 Å². The molecule has 19 heavy (non-hydrogen) atoms. The summed E-state index contributed by atoms with van der Waals surface area (Å²) in [6.07, 6.45) is 0. The lowest BCUT2D eigenvalue weighted by Gasteiger charge is -2.29. The molecular formula is C14H19F2N3. The summed E-state index contributed by atoms with van der Waals surface area (Å²) in [4.78, 5) is 2.04. The van der Waals surface area contributed by atoms with Gasteiger partial charge in [0, 0.05) is 13.1 Å². The predicted molar refractivity (Wildman–Crippen MR) is 71.9 cm³/mol. The van der Waals surface area contributed by atoms with Gasteiger partial charge in [0.2, 0.25) is 0 Å². The second kappa shape index (κ2) is 5.98. The topological polar surface area (TPSA) is 39.1 Å². The summed E-state index contributed by atoms with van der Waals surface area (Å²) in [5.74, 6) is -2.10. The van der Waals surface area contributed by atoms with Crippen molar-refractivity contribution in [3.05, 3.63) is 29.3 Å². The summed E-state index contributed by atoms with van der Waals surface area (Å²) >= 11 is 0. The van der Waals surface area contributed by atoms with Crippen LogP contribution in [-0.4, -0.2) is 32.1 Å². The summed E-state index contributed by atoms with van der Waals surface area (Å²) in [7, 11) is 3.92. The second-order valence-corrected chi connectivity index (χ2v) is 5.66. The van der Waals surface area contributed by atoms with Crippen molar-refractivity contribution in [1.82, 2.24) is 4.90 Å². The van der Waals surface area contributed by atoms with Crippen molar-refractivity contribution in [3.63, 3.8) is 0 Å². The Morgan fingerprint density at radius 3 is 2.42 bits per heavy atom. The van der Waals surface area contributed by atoms with Crippen molar-refractivity contribution in [2.24, 2.45) is 5.41 Å². The number of benzene rings is 1. The van der Waals surface area contributed by atoms with Gasteiger partial charge in [0.05, 0.1) is 11.3 Å². The van der Waals surface area contributed by atoms with E-state index in [1.165, 1.54) is 12.1 Å². The van der Waals surface area contributed by atoms with Crippen LogP contribution < -0.4 is 5.32 Å². The van der Waals surface area contributed by atoms with Crippen LogP contribution >= 0.6 is 0 Å². The van der Waals surface area contributed by atoms with Crippen LogP contribution in [0.4, 0.5) is 14.5 Å². The SMILES string of the molecule is CN(C)CC(C)(C)CNc1ccc(C#N)c(F)c1F. The van der Waals surface area contributed by atoms with Crippen LogP contribution in [0.25, 0.3) is 0 Å². The monoisotopic (exact) mass is 267 g/mol. The molecule has 1 aromatic carbocycles. The van der Waals surface area contributed by atoms with E-state index in [-0.39, 0.29) is 16.7 Å². The van der Waals surface area contributed by atoms with E-state index in [0.717, 1.165) is 6.54 Å². The molecule has 0 saturated carbocycles. The van der Waals surface area contributed by atoms with Gasteiger partial charge in [0.15, 0.2) is 11.6 Å². The van der Waals surface area contributed by atoms with Crippen molar-refractivity contribution < 1.29 is 8.78 Å². The normalized spacial score (nSPS) is 11.5. The summed E-state index contributed by atoms with van der Waals surface area (Å²) in [5.41, 5.74) is -0.278. The van der Waals surface area contributed by atoms with Crippen molar-refractivity contribution in [2.45, 2.75) is 13.8 Å². The summed E-state index contributed by atoms with van der Waals surface area (Å²) in [6, 6.07) is 4.28. The Morgan fingerprint density at radius 2 is 1.89 bits per heavy atom. The molecule has 0 aliphatic carbocycles. The van der Waals surface area contributed by atoms with E-state index in [4.69, 9.17) is 5.26 Å². The van der Waals surface area contributed by atoms with Crippen molar-refractivity contribution in [1.29, 1.82) is 5.26 Å². The molecule has 0 bridgehead atoms. The Bertz CT molecular complexity index is 490. The molecule has 0 spiro atoms. The highest BCUT2D eigenvalue weighted by atomic mass is 19.2. The van der Waals surface area contributed by atoms with E-state index in [9.17, 15) is 8.78 Å². The van der Waals surface area contributed by atoms with Crippen molar-refractivity contribution in [3.8, 4) is 6.07 Å². The first kappa shape index (κ1) is 15.4. The van der Waals surface area contributed by atoms with Gasteiger partial charge in [0.25, 0.3) is 0 Å². The maximum Gasteiger partial charge on any atom is 0.183 e. The molecule has 1 aromatic rings. The predicted octanol–water partition coefficient (Wildman–Crippen LogP) is 2.84. The maximum atomic E-state index is 13.7. The number of nitriles is 1. The van der Waals surface area contributed by atoms with Gasteiger partial charge in [-0.25, -0.2) is 8.78 Å². The van der Waals surface area contributed by atoms with E-state index >= 15 is 0 Å². The fourth-order valence-electron chi connectivity index (χ4n) is 2.02. The lowest BCUT2D eigenvalue weighted by molar-refractivity contribution is 0.254. The van der Waals surface area contributed by atoms with Gasteiger partial charge in [-0.2, -0.15) is 5.26 Å².